The van der Waals surface area contributed by atoms with Crippen molar-refractivity contribution in [3.05, 3.63) is 47.5 Å². The lowest BCUT2D eigenvalue weighted by Crippen LogP contribution is -2.30. The third-order valence-electron chi connectivity index (χ3n) is 5.85. The summed E-state index contributed by atoms with van der Waals surface area (Å²) in [5.74, 6) is 0. The van der Waals surface area contributed by atoms with Gasteiger partial charge in [-0.25, -0.2) is 9.13 Å². The average molecular weight is 384 g/mol. The highest BCUT2D eigenvalue weighted by molar-refractivity contribution is 5.43. The summed E-state index contributed by atoms with van der Waals surface area (Å²) in [5.41, 5.74) is 5.38. The highest BCUT2D eigenvalue weighted by atomic mass is 15.1. The zero-order valence-electron chi connectivity index (χ0n) is 19.0. The Labute approximate surface area is 174 Å². The minimum absolute atomic E-state index is 1.13. The Morgan fingerprint density at radius 3 is 1.75 bits per heavy atom. The van der Waals surface area contributed by atoms with Gasteiger partial charge in [0, 0.05) is 0 Å². The number of hydrogen-bond donors (Lipinski definition) is 0. The van der Waals surface area contributed by atoms with Crippen molar-refractivity contribution in [2.75, 3.05) is 0 Å². The molecule has 0 atom stereocenters. The molecule has 0 aliphatic heterocycles. The molecule has 0 unspecified atom stereocenters. The van der Waals surface area contributed by atoms with E-state index in [0.717, 1.165) is 6.54 Å². The van der Waals surface area contributed by atoms with Crippen LogP contribution in [0.4, 0.5) is 0 Å². The quantitative estimate of drug-likeness (QED) is 0.237. The summed E-state index contributed by atoms with van der Waals surface area (Å²) in [6.07, 6.45) is 23.6. The molecule has 1 heterocycles. The van der Waals surface area contributed by atoms with Crippen LogP contribution in [0.5, 0.6) is 0 Å². The van der Waals surface area contributed by atoms with Gasteiger partial charge < -0.3 is 0 Å². The predicted octanol–water partition coefficient (Wildman–Crippen LogP) is 7.39. The van der Waals surface area contributed by atoms with Crippen molar-refractivity contribution in [3.63, 3.8) is 0 Å². The Morgan fingerprint density at radius 1 is 0.714 bits per heavy atom. The number of unbranched alkanes of at least 4 members (excludes halogenated alkanes) is 11. The summed E-state index contributed by atoms with van der Waals surface area (Å²) in [5, 5.41) is 0. The maximum absolute atomic E-state index is 2.34. The molecule has 28 heavy (non-hydrogen) atoms. The molecule has 0 fully saturated rings. The van der Waals surface area contributed by atoms with Crippen molar-refractivity contribution in [1.82, 2.24) is 4.57 Å². The molecular formula is C26H43N2+. The van der Waals surface area contributed by atoms with Crippen LogP contribution in [0.2, 0.25) is 0 Å². The first kappa shape index (κ1) is 22.7. The molecule has 2 nitrogen and oxygen atoms in total. The largest absolute Gasteiger partial charge is 0.248 e. The van der Waals surface area contributed by atoms with Gasteiger partial charge in [0.05, 0.1) is 6.54 Å². The van der Waals surface area contributed by atoms with E-state index in [0.29, 0.717) is 0 Å². The van der Waals surface area contributed by atoms with Crippen LogP contribution in [0.15, 0.2) is 30.9 Å². The van der Waals surface area contributed by atoms with E-state index in [4.69, 9.17) is 0 Å². The van der Waals surface area contributed by atoms with Gasteiger partial charge in [-0.3, -0.25) is 0 Å². The molecule has 0 aliphatic rings. The third kappa shape index (κ3) is 7.81. The van der Waals surface area contributed by atoms with Crippen LogP contribution in [0.3, 0.4) is 0 Å². The molecule has 2 rings (SSSR count). The van der Waals surface area contributed by atoms with Crippen molar-refractivity contribution >= 4 is 0 Å². The van der Waals surface area contributed by atoms with E-state index in [1.54, 1.807) is 0 Å². The van der Waals surface area contributed by atoms with Crippen LogP contribution in [0.1, 0.15) is 101 Å². The zero-order chi connectivity index (χ0) is 20.2. The topological polar surface area (TPSA) is 8.81 Å². The monoisotopic (exact) mass is 383 g/mol. The van der Waals surface area contributed by atoms with Crippen LogP contribution in [0.25, 0.3) is 5.69 Å². The van der Waals surface area contributed by atoms with Crippen molar-refractivity contribution < 1.29 is 4.57 Å². The minimum Gasteiger partial charge on any atom is -0.236 e. The van der Waals surface area contributed by atoms with Crippen LogP contribution >= 0.6 is 0 Å². The van der Waals surface area contributed by atoms with E-state index in [2.05, 4.69) is 67.7 Å². The number of aromatic nitrogens is 2. The first-order valence-corrected chi connectivity index (χ1v) is 11.8. The number of aryl methyl sites for hydroxylation is 4. The number of nitrogens with zero attached hydrogens (tertiary/aromatic N) is 2. The van der Waals surface area contributed by atoms with Crippen LogP contribution in [-0.4, -0.2) is 4.57 Å². The van der Waals surface area contributed by atoms with Gasteiger partial charge in [-0.05, 0) is 44.7 Å². The number of imidazole rings is 1. The normalized spacial score (nSPS) is 11.3. The number of rotatable bonds is 14. The van der Waals surface area contributed by atoms with E-state index in [-0.39, 0.29) is 0 Å². The molecule has 0 N–H and O–H groups in total. The zero-order valence-corrected chi connectivity index (χ0v) is 19.0. The summed E-state index contributed by atoms with van der Waals surface area (Å²) >= 11 is 0. The van der Waals surface area contributed by atoms with Gasteiger partial charge in [-0.2, -0.15) is 0 Å². The van der Waals surface area contributed by atoms with Gasteiger partial charge in [0.1, 0.15) is 18.1 Å². The summed E-state index contributed by atoms with van der Waals surface area (Å²) in [4.78, 5) is 0. The second-order valence-electron chi connectivity index (χ2n) is 8.70. The molecule has 0 saturated heterocycles. The summed E-state index contributed by atoms with van der Waals surface area (Å²) in [6, 6.07) is 4.55. The van der Waals surface area contributed by atoms with E-state index in [1.165, 1.54) is 99.4 Å². The highest BCUT2D eigenvalue weighted by Crippen LogP contribution is 2.16. The minimum atomic E-state index is 1.13. The number of hydrogen-bond acceptors (Lipinski definition) is 0. The Kier molecular flexibility index (Phi) is 10.4. The molecule has 0 bridgehead atoms. The second-order valence-corrected chi connectivity index (χ2v) is 8.70. The highest BCUT2D eigenvalue weighted by Gasteiger charge is 2.12. The fraction of sp³-hybridized carbons (Fsp3) is 0.654. The van der Waals surface area contributed by atoms with Gasteiger partial charge in [0.15, 0.2) is 0 Å². The Balaban J connectivity index is 1.59. The van der Waals surface area contributed by atoms with Gasteiger partial charge in [-0.15, -0.1) is 0 Å². The van der Waals surface area contributed by atoms with Gasteiger partial charge >= 0.3 is 0 Å². The molecule has 156 valence electrons. The lowest BCUT2D eigenvalue weighted by Gasteiger charge is -2.07. The standard InChI is InChI=1S/C26H43N2/c1-5-6-7-8-9-10-11-12-13-14-15-16-17-27-18-19-28(22-27)26-24(3)20-23(2)21-25(26)4/h18-22H,5-17H2,1-4H3/q+1. The van der Waals surface area contributed by atoms with E-state index >= 15 is 0 Å². The first-order valence-electron chi connectivity index (χ1n) is 11.8. The maximum Gasteiger partial charge on any atom is 0.248 e. The molecule has 0 spiro atoms. The molecule has 2 heteroatoms. The molecule has 1 aromatic carbocycles. The van der Waals surface area contributed by atoms with E-state index in [9.17, 15) is 0 Å². The van der Waals surface area contributed by atoms with Crippen LogP contribution in [0, 0.1) is 20.8 Å². The molecule has 1 aromatic heterocycles. The Morgan fingerprint density at radius 2 is 1.21 bits per heavy atom. The molecule has 0 aliphatic carbocycles. The van der Waals surface area contributed by atoms with Crippen molar-refractivity contribution in [2.45, 2.75) is 111 Å². The van der Waals surface area contributed by atoms with Gasteiger partial charge in [0.2, 0.25) is 6.33 Å². The lowest BCUT2D eigenvalue weighted by atomic mass is 10.1. The molecule has 0 amide bonds. The summed E-state index contributed by atoms with van der Waals surface area (Å²) < 4.78 is 4.62. The summed E-state index contributed by atoms with van der Waals surface area (Å²) in [7, 11) is 0. The molecule has 0 saturated carbocycles. The average Bonchev–Trinajstić information content (AvgIpc) is 3.10. The Bertz CT molecular complexity index is 660. The van der Waals surface area contributed by atoms with Crippen molar-refractivity contribution in [1.29, 1.82) is 0 Å². The lowest BCUT2D eigenvalue weighted by molar-refractivity contribution is -0.596. The van der Waals surface area contributed by atoms with Crippen LogP contribution in [-0.2, 0) is 6.54 Å². The first-order chi connectivity index (χ1) is 13.6. The predicted molar refractivity (Wildman–Crippen MR) is 121 cm³/mol. The SMILES string of the molecule is CCCCCCCCCCCCCCn1cc[n+](-c2c(C)cc(C)cc2C)c1. The Hall–Kier alpha value is -1.57. The fourth-order valence-electron chi connectivity index (χ4n) is 4.37. The second kappa shape index (κ2) is 12.8. The van der Waals surface area contributed by atoms with E-state index in [1.807, 2.05) is 0 Å². The smallest absolute Gasteiger partial charge is 0.236 e. The van der Waals surface area contributed by atoms with Gasteiger partial charge in [0.25, 0.3) is 0 Å². The number of benzene rings is 1. The molecular weight excluding hydrogens is 340 g/mol. The fourth-order valence-corrected chi connectivity index (χ4v) is 4.37. The van der Waals surface area contributed by atoms with Crippen LogP contribution < -0.4 is 4.57 Å². The van der Waals surface area contributed by atoms with Crippen molar-refractivity contribution in [3.8, 4) is 5.69 Å². The third-order valence-corrected chi connectivity index (χ3v) is 5.85. The van der Waals surface area contributed by atoms with Crippen molar-refractivity contribution in [2.24, 2.45) is 0 Å². The van der Waals surface area contributed by atoms with E-state index < -0.39 is 0 Å². The summed E-state index contributed by atoms with van der Waals surface area (Å²) in [6.45, 7) is 10.0. The maximum atomic E-state index is 2.34. The molecule has 0 radical (unpaired) electrons. The molecule has 2 aromatic rings. The van der Waals surface area contributed by atoms with Gasteiger partial charge in [-0.1, -0.05) is 88.8 Å².